The molecule has 5 heterocycles. The topological polar surface area (TPSA) is 45.2 Å². The van der Waals surface area contributed by atoms with Crippen molar-refractivity contribution in [2.45, 2.75) is 160 Å². The second-order valence-electron chi connectivity index (χ2n) is 26.2. The summed E-state index contributed by atoms with van der Waals surface area (Å²) in [4.78, 5) is 22.0. The fourth-order valence-electron chi connectivity index (χ4n) is 13.2. The zero-order chi connectivity index (χ0) is 71.8. The van der Waals surface area contributed by atoms with Crippen LogP contribution >= 0.6 is 38.8 Å². The van der Waals surface area contributed by atoms with Gasteiger partial charge in [0.1, 0.15) is 0 Å². The quantitative estimate of drug-likeness (QED) is 0.110. The normalized spacial score (nSPS) is 13.0. The summed E-state index contributed by atoms with van der Waals surface area (Å²) in [6.45, 7) is 60.8. The summed E-state index contributed by atoms with van der Waals surface area (Å²) < 4.78 is 3.76. The molecule has 14 heteroatoms. The van der Waals surface area contributed by atoms with E-state index in [2.05, 4.69) is 257 Å². The standard InChI is InChI=1S/3C21H27N2.2C5H5N.2C5H8.CH4.4ClH.2Ru/c3*1-14-9-16(3)20(17(4)10-14)22-7-8-23(13-22)21-18(5)11-15(2)12-19(21)6;2*1-2-4-6-5-3-1;2*1-4-5(2)3;;;;;;;/h3*9-13H,7-8H2,1-6H3;2*1-5H;2*1,4H,2-3H3;1H4;4*1H;;/q3*-1;;;;;;;;;;2*+2/p-4. The zero-order valence-corrected chi connectivity index (χ0v) is 68.3. The summed E-state index contributed by atoms with van der Waals surface area (Å²) in [5, 5.41) is 0. The third-order valence-corrected chi connectivity index (χ3v) is 19.8. The Labute approximate surface area is 619 Å². The van der Waals surface area contributed by atoms with Crippen molar-refractivity contribution in [3.8, 4) is 0 Å². The molecule has 3 saturated heterocycles. The maximum atomic E-state index is 5.53. The monoisotopic (exact) mass is 1580 g/mol. The van der Waals surface area contributed by atoms with Gasteiger partial charge in [0.2, 0.25) is 0 Å². The number of benzene rings is 6. The molecule has 3 aliphatic heterocycles. The molecule has 0 saturated carbocycles. The molecule has 0 radical (unpaired) electrons. The molecule has 6 aromatic carbocycles. The first-order valence-electron chi connectivity index (χ1n) is 33.1. The Bertz CT molecular complexity index is 3200. The maximum absolute atomic E-state index is 5.53. The van der Waals surface area contributed by atoms with Crippen LogP contribution in [0.3, 0.4) is 0 Å². The summed E-state index contributed by atoms with van der Waals surface area (Å²) in [5.74, 6) is 0. The maximum Gasteiger partial charge on any atom is 0.0267 e. The number of hydrogen-bond acceptors (Lipinski definition) is 8. The zero-order valence-electron chi connectivity index (χ0n) is 61.8. The summed E-state index contributed by atoms with van der Waals surface area (Å²) in [6, 6.07) is 38.8. The van der Waals surface area contributed by atoms with Gasteiger partial charge in [-0.3, -0.25) is 9.97 Å². The van der Waals surface area contributed by atoms with Crippen LogP contribution in [0.5, 0.6) is 0 Å². The van der Waals surface area contributed by atoms with Gasteiger partial charge in [-0.15, -0.1) is 0 Å². The van der Waals surface area contributed by atoms with Crippen LogP contribution in [0.15, 0.2) is 157 Å². The van der Waals surface area contributed by atoms with Gasteiger partial charge in [0.05, 0.1) is 0 Å². The van der Waals surface area contributed by atoms with Crippen molar-refractivity contribution in [1.82, 2.24) is 9.97 Å². The Kier molecular flexibility index (Phi) is 35.9. The average Bonchev–Trinajstić information content (AvgIpc) is 1.64. The van der Waals surface area contributed by atoms with Crippen molar-refractivity contribution in [1.29, 1.82) is 0 Å². The van der Waals surface area contributed by atoms with Crippen LogP contribution < -0.4 is 29.4 Å². The number of nitrogens with zero attached hydrogens (tertiary/aromatic N) is 8. The number of pyridine rings is 2. The second kappa shape index (κ2) is 41.7. The summed E-state index contributed by atoms with van der Waals surface area (Å²) in [5.41, 5.74) is 35.0. The number of hydrogen-bond donors (Lipinski definition) is 0. The Morgan fingerprint density at radius 1 is 0.296 bits per heavy atom. The molecular weight excluding hydrogens is 1460 g/mol. The van der Waals surface area contributed by atoms with Gasteiger partial charge < -0.3 is 29.4 Å². The first-order valence-corrected chi connectivity index (χ1v) is 44.1. The third-order valence-electron chi connectivity index (χ3n) is 16.2. The van der Waals surface area contributed by atoms with Gasteiger partial charge in [-0.05, 0) is 216 Å². The number of aryl methyl sites for hydroxylation is 18. The van der Waals surface area contributed by atoms with E-state index in [9.17, 15) is 0 Å². The van der Waals surface area contributed by atoms with E-state index in [0.717, 1.165) is 39.3 Å². The molecule has 0 N–H and O–H groups in total. The van der Waals surface area contributed by atoms with E-state index in [1.165, 1.54) is 145 Å². The largest absolute Gasteiger partial charge is 0.502 e. The van der Waals surface area contributed by atoms with Crippen LogP contribution in [0.4, 0.5) is 34.1 Å². The Balaban J connectivity index is 0.000000260. The van der Waals surface area contributed by atoms with E-state index >= 15 is 0 Å². The Hall–Kier alpha value is -5.95. The molecule has 0 spiro atoms. The third kappa shape index (κ3) is 26.9. The number of rotatable bonds is 8. The number of allylic oxidation sites excluding steroid dienone is 4. The van der Waals surface area contributed by atoms with E-state index in [1.54, 1.807) is 24.8 Å². The van der Waals surface area contributed by atoms with E-state index in [0.29, 0.717) is 0 Å². The van der Waals surface area contributed by atoms with Gasteiger partial charge in [0.25, 0.3) is 0 Å². The fourth-order valence-corrected chi connectivity index (χ4v) is 15.9. The van der Waals surface area contributed by atoms with Crippen LogP contribution in [-0.4, -0.2) is 58.5 Å². The Morgan fingerprint density at radius 2 is 0.449 bits per heavy atom. The molecule has 534 valence electrons. The van der Waals surface area contributed by atoms with Crippen molar-refractivity contribution in [2.75, 3.05) is 68.7 Å². The van der Waals surface area contributed by atoms with Gasteiger partial charge in [-0.2, -0.15) is 20.0 Å². The fraction of sp³-hybridized carbons (Fsp3) is 0.345. The molecular formula is C84H111Cl4N8Ru2-3. The first kappa shape index (κ1) is 84.5. The van der Waals surface area contributed by atoms with Crippen LogP contribution in [0.2, 0.25) is 0 Å². The summed E-state index contributed by atoms with van der Waals surface area (Å²) in [7, 11) is 22.1. The van der Waals surface area contributed by atoms with E-state index in [1.807, 2.05) is 85.5 Å². The predicted octanol–water partition coefficient (Wildman–Crippen LogP) is 23.1. The number of aromatic nitrogens is 2. The second-order valence-corrected chi connectivity index (χ2v) is 37.8. The minimum atomic E-state index is -1.52. The van der Waals surface area contributed by atoms with Crippen LogP contribution in [0, 0.1) is 145 Å². The Morgan fingerprint density at radius 3 is 0.541 bits per heavy atom. The van der Waals surface area contributed by atoms with Crippen molar-refractivity contribution in [3.63, 3.8) is 0 Å². The van der Waals surface area contributed by atoms with Gasteiger partial charge in [-0.25, -0.2) is 0 Å². The van der Waals surface area contributed by atoms with E-state index in [4.69, 9.17) is 38.8 Å². The molecule has 8 nitrogen and oxygen atoms in total. The molecule has 2 aromatic heterocycles. The SMILES string of the molecule is C.CC(C)=C[CH]=[Ru]([Cl])[Cl].CC(C)=C[CH]=[Ru]([Cl])[Cl].Cc1cc(C)c(N2[CH-]N(c3c(C)cc(C)cc3C)CC2)c(C)c1.Cc1cc(C)c(N2[CH-]N(c3c(C)cc(C)cc3C)CC2)c(C)c1.Cc1cc(C)c(N2[CH-]N(c3c(C)cc(C)cc3C)CC2)c(C)c1.c1ccncc1.c1ccncc1. The smallest absolute Gasteiger partial charge is 0.0267 e. The molecule has 3 aliphatic rings. The molecule has 0 amide bonds. The van der Waals surface area contributed by atoms with E-state index in [-0.39, 0.29) is 7.43 Å². The van der Waals surface area contributed by atoms with Gasteiger partial charge in [0, 0.05) is 98.2 Å². The molecule has 0 atom stereocenters. The van der Waals surface area contributed by atoms with Crippen molar-refractivity contribution in [3.05, 3.63) is 277 Å². The summed E-state index contributed by atoms with van der Waals surface area (Å²) >= 11 is -3.04. The molecule has 0 aliphatic carbocycles. The van der Waals surface area contributed by atoms with Gasteiger partial charge in [0.15, 0.2) is 0 Å². The molecule has 0 bridgehead atoms. The van der Waals surface area contributed by atoms with Crippen LogP contribution in [0.1, 0.15) is 135 Å². The van der Waals surface area contributed by atoms with Crippen molar-refractivity contribution >= 4 is 82.1 Å². The van der Waals surface area contributed by atoms with Crippen LogP contribution in [-0.2, 0) is 27.0 Å². The average molecular weight is 1580 g/mol. The summed E-state index contributed by atoms with van der Waals surface area (Å²) in [6.07, 6.45) is 10.9. The number of halogens is 4. The van der Waals surface area contributed by atoms with Crippen LogP contribution in [0.25, 0.3) is 0 Å². The van der Waals surface area contributed by atoms with Gasteiger partial charge >= 0.3 is 126 Å². The first-order chi connectivity index (χ1) is 45.8. The molecule has 11 rings (SSSR count). The predicted molar refractivity (Wildman–Crippen MR) is 431 cm³/mol. The minimum Gasteiger partial charge on any atom is -0.502 e. The molecule has 98 heavy (non-hydrogen) atoms. The molecule has 0 unspecified atom stereocenters. The molecule has 8 aromatic rings. The van der Waals surface area contributed by atoms with Crippen molar-refractivity contribution < 1.29 is 27.0 Å². The minimum absolute atomic E-state index is 0. The number of anilines is 6. The van der Waals surface area contributed by atoms with E-state index < -0.39 is 27.0 Å². The molecule has 3 fully saturated rings. The van der Waals surface area contributed by atoms with Gasteiger partial charge in [-0.1, -0.05) is 126 Å². The van der Waals surface area contributed by atoms with Crippen molar-refractivity contribution in [2.24, 2.45) is 0 Å².